The molecule has 0 unspecified atom stereocenters. The molecular weight excluding hydrogens is 326 g/mol. The Labute approximate surface area is 135 Å². The van der Waals surface area contributed by atoms with Crippen molar-refractivity contribution in [2.75, 3.05) is 6.54 Å². The van der Waals surface area contributed by atoms with Gasteiger partial charge in [0.25, 0.3) is 0 Å². The zero-order chi connectivity index (χ0) is 16.3. The summed E-state index contributed by atoms with van der Waals surface area (Å²) in [4.78, 5) is 0.229. The highest BCUT2D eigenvalue weighted by Crippen LogP contribution is 2.14. The molecule has 0 saturated heterocycles. The van der Waals surface area contributed by atoms with Crippen LogP contribution >= 0.6 is 11.6 Å². The number of nitrogens with zero attached hydrogens (tertiary/aromatic N) is 4. The van der Waals surface area contributed by atoms with Crippen LogP contribution in [-0.4, -0.2) is 34.5 Å². The molecule has 0 bridgehead atoms. The average Bonchev–Trinajstić information content (AvgIpc) is 2.99. The molecule has 9 heteroatoms. The fourth-order valence-corrected chi connectivity index (χ4v) is 3.47. The van der Waals surface area contributed by atoms with Gasteiger partial charge in [-0.15, -0.1) is 0 Å². The molecular formula is C13H20ClN5O2S. The van der Waals surface area contributed by atoms with Crippen LogP contribution in [0, 0.1) is 13.8 Å². The van der Waals surface area contributed by atoms with Crippen LogP contribution in [-0.2, 0) is 23.1 Å². The molecule has 7 nitrogen and oxygen atoms in total. The van der Waals surface area contributed by atoms with E-state index >= 15 is 0 Å². The van der Waals surface area contributed by atoms with Crippen LogP contribution in [0.3, 0.4) is 0 Å². The number of sulfonamides is 1. The summed E-state index contributed by atoms with van der Waals surface area (Å²) in [6.07, 6.45) is 3.91. The maximum atomic E-state index is 12.2. The van der Waals surface area contributed by atoms with Crippen molar-refractivity contribution >= 4 is 21.6 Å². The fourth-order valence-electron chi connectivity index (χ4n) is 2.06. The van der Waals surface area contributed by atoms with Crippen molar-refractivity contribution in [2.24, 2.45) is 0 Å². The van der Waals surface area contributed by atoms with Crippen LogP contribution < -0.4 is 4.72 Å². The topological polar surface area (TPSA) is 81.8 Å². The van der Waals surface area contributed by atoms with Gasteiger partial charge in [0.05, 0.1) is 16.4 Å². The van der Waals surface area contributed by atoms with Crippen molar-refractivity contribution in [1.29, 1.82) is 0 Å². The summed E-state index contributed by atoms with van der Waals surface area (Å²) < 4.78 is 30.4. The Balaban J connectivity index is 1.91. The van der Waals surface area contributed by atoms with Gasteiger partial charge in [0.1, 0.15) is 4.90 Å². The second-order valence-electron chi connectivity index (χ2n) is 5.01. The lowest BCUT2D eigenvalue weighted by molar-refractivity contribution is 0.551. The van der Waals surface area contributed by atoms with E-state index in [2.05, 4.69) is 14.9 Å². The van der Waals surface area contributed by atoms with Crippen molar-refractivity contribution in [2.45, 2.75) is 45.2 Å². The lowest BCUT2D eigenvalue weighted by Gasteiger charge is -2.05. The van der Waals surface area contributed by atoms with Crippen LogP contribution in [0.25, 0.3) is 0 Å². The number of halogens is 1. The highest BCUT2D eigenvalue weighted by Gasteiger charge is 2.19. The Kier molecular flexibility index (Phi) is 5.25. The molecule has 2 aromatic rings. The van der Waals surface area contributed by atoms with E-state index in [-0.39, 0.29) is 4.90 Å². The summed E-state index contributed by atoms with van der Waals surface area (Å²) in [6.45, 7) is 6.99. The van der Waals surface area contributed by atoms with E-state index in [9.17, 15) is 8.42 Å². The summed E-state index contributed by atoms with van der Waals surface area (Å²) in [7, 11) is -3.53. The molecule has 2 heterocycles. The number of aryl methyl sites for hydroxylation is 4. The number of nitrogens with one attached hydrogen (secondary N) is 1. The summed E-state index contributed by atoms with van der Waals surface area (Å²) in [5, 5.41) is 8.99. The molecule has 0 aromatic carbocycles. The van der Waals surface area contributed by atoms with E-state index in [0.717, 1.165) is 5.69 Å². The molecule has 22 heavy (non-hydrogen) atoms. The van der Waals surface area contributed by atoms with Gasteiger partial charge in [-0.1, -0.05) is 11.6 Å². The zero-order valence-corrected chi connectivity index (χ0v) is 14.4. The van der Waals surface area contributed by atoms with E-state index in [1.165, 1.54) is 0 Å². The van der Waals surface area contributed by atoms with Crippen LogP contribution in [0.4, 0.5) is 0 Å². The Hall–Kier alpha value is -1.38. The standard InChI is InChI=1S/C13H20ClN5O2S/c1-4-18-9-13(11(3)17-18)22(20,21)15-6-5-7-19-8-12(14)10(2)16-19/h8-9,15H,4-7H2,1-3H3. The molecule has 1 N–H and O–H groups in total. The van der Waals surface area contributed by atoms with Crippen LogP contribution in [0.5, 0.6) is 0 Å². The minimum absolute atomic E-state index is 0.229. The van der Waals surface area contributed by atoms with E-state index in [1.54, 1.807) is 28.7 Å². The van der Waals surface area contributed by atoms with Crippen LogP contribution in [0.2, 0.25) is 5.02 Å². The highest BCUT2D eigenvalue weighted by molar-refractivity contribution is 7.89. The highest BCUT2D eigenvalue weighted by atomic mass is 35.5. The van der Waals surface area contributed by atoms with Gasteiger partial charge in [0.15, 0.2) is 0 Å². The quantitative estimate of drug-likeness (QED) is 0.775. The Morgan fingerprint density at radius 3 is 2.41 bits per heavy atom. The first-order chi connectivity index (χ1) is 10.3. The molecule has 0 radical (unpaired) electrons. The summed E-state index contributed by atoms with van der Waals surface area (Å²) in [5.41, 5.74) is 1.27. The molecule has 122 valence electrons. The Morgan fingerprint density at radius 2 is 1.86 bits per heavy atom. The van der Waals surface area contributed by atoms with E-state index in [1.807, 2.05) is 13.8 Å². The molecule has 0 aliphatic rings. The predicted molar refractivity (Wildman–Crippen MR) is 84.4 cm³/mol. The first kappa shape index (κ1) is 17.0. The summed E-state index contributed by atoms with van der Waals surface area (Å²) in [5.74, 6) is 0. The minimum atomic E-state index is -3.53. The van der Waals surface area contributed by atoms with Crippen molar-refractivity contribution in [3.63, 3.8) is 0 Å². The predicted octanol–water partition coefficient (Wildman–Crippen LogP) is 1.74. The van der Waals surface area contributed by atoms with E-state index in [4.69, 9.17) is 11.6 Å². The van der Waals surface area contributed by atoms with Gasteiger partial charge in [-0.05, 0) is 27.2 Å². The molecule has 0 aliphatic carbocycles. The minimum Gasteiger partial charge on any atom is -0.271 e. The largest absolute Gasteiger partial charge is 0.271 e. The first-order valence-electron chi connectivity index (χ1n) is 7.06. The Bertz CT molecular complexity index is 731. The molecule has 0 spiro atoms. The van der Waals surface area contributed by atoms with Gasteiger partial charge in [0.2, 0.25) is 10.0 Å². The zero-order valence-electron chi connectivity index (χ0n) is 12.9. The molecule has 2 aromatic heterocycles. The van der Waals surface area contributed by atoms with Crippen LogP contribution in [0.1, 0.15) is 24.7 Å². The third-order valence-corrected chi connectivity index (χ3v) is 5.19. The summed E-state index contributed by atoms with van der Waals surface area (Å²) >= 11 is 5.92. The van der Waals surface area contributed by atoms with Crippen molar-refractivity contribution in [3.05, 3.63) is 28.8 Å². The number of hydrogen-bond donors (Lipinski definition) is 1. The van der Waals surface area contributed by atoms with Crippen molar-refractivity contribution in [1.82, 2.24) is 24.3 Å². The van der Waals surface area contributed by atoms with Gasteiger partial charge in [-0.25, -0.2) is 13.1 Å². The number of aromatic nitrogens is 4. The molecule has 0 fully saturated rings. The van der Waals surface area contributed by atoms with E-state index < -0.39 is 10.0 Å². The SMILES string of the molecule is CCn1cc(S(=O)(=O)NCCCn2cc(Cl)c(C)n2)c(C)n1. The lowest BCUT2D eigenvalue weighted by Crippen LogP contribution is -2.26. The molecule has 2 rings (SSSR count). The van der Waals surface area contributed by atoms with Gasteiger partial charge < -0.3 is 0 Å². The van der Waals surface area contributed by atoms with Crippen molar-refractivity contribution < 1.29 is 8.42 Å². The molecule has 0 aliphatic heterocycles. The molecule has 0 amide bonds. The smallest absolute Gasteiger partial charge is 0.243 e. The Morgan fingerprint density at radius 1 is 1.18 bits per heavy atom. The molecule has 0 atom stereocenters. The maximum absolute atomic E-state index is 12.2. The van der Waals surface area contributed by atoms with Gasteiger partial charge in [0, 0.05) is 32.0 Å². The molecule has 0 saturated carbocycles. The van der Waals surface area contributed by atoms with Gasteiger partial charge in [-0.3, -0.25) is 9.36 Å². The number of rotatable bonds is 7. The van der Waals surface area contributed by atoms with Crippen molar-refractivity contribution in [3.8, 4) is 0 Å². The average molecular weight is 346 g/mol. The number of hydrogen-bond acceptors (Lipinski definition) is 4. The monoisotopic (exact) mass is 345 g/mol. The third-order valence-electron chi connectivity index (χ3n) is 3.26. The second kappa shape index (κ2) is 6.80. The first-order valence-corrected chi connectivity index (χ1v) is 8.93. The third kappa shape index (κ3) is 3.88. The normalized spacial score (nSPS) is 12.0. The van der Waals surface area contributed by atoms with Gasteiger partial charge in [-0.2, -0.15) is 10.2 Å². The van der Waals surface area contributed by atoms with Crippen LogP contribution in [0.15, 0.2) is 17.3 Å². The maximum Gasteiger partial charge on any atom is 0.243 e. The van der Waals surface area contributed by atoms with Gasteiger partial charge >= 0.3 is 0 Å². The summed E-state index contributed by atoms with van der Waals surface area (Å²) in [6, 6.07) is 0. The lowest BCUT2D eigenvalue weighted by atomic mass is 10.4. The second-order valence-corrected chi connectivity index (χ2v) is 7.15. The fraction of sp³-hybridized carbons (Fsp3) is 0.538. The van der Waals surface area contributed by atoms with E-state index in [0.29, 0.717) is 36.8 Å².